The summed E-state index contributed by atoms with van der Waals surface area (Å²) >= 11 is 0. The summed E-state index contributed by atoms with van der Waals surface area (Å²) in [7, 11) is 0. The summed E-state index contributed by atoms with van der Waals surface area (Å²) in [6, 6.07) is 2.31. The van der Waals surface area contributed by atoms with Crippen molar-refractivity contribution in [2.24, 2.45) is 5.41 Å². The first-order valence-corrected chi connectivity index (χ1v) is 5.57. The van der Waals surface area contributed by atoms with Gasteiger partial charge >= 0.3 is 0 Å². The van der Waals surface area contributed by atoms with Crippen LogP contribution in [0.25, 0.3) is 0 Å². The van der Waals surface area contributed by atoms with Gasteiger partial charge in [0, 0.05) is 0 Å². The van der Waals surface area contributed by atoms with E-state index in [2.05, 4.69) is 39.0 Å². The van der Waals surface area contributed by atoms with Crippen LogP contribution < -0.4 is 0 Å². The van der Waals surface area contributed by atoms with Gasteiger partial charge in [0.25, 0.3) is 0 Å². The number of hydrogen-bond donors (Lipinski definition) is 0. The van der Waals surface area contributed by atoms with Gasteiger partial charge in [-0.15, -0.1) is 0 Å². The van der Waals surface area contributed by atoms with Crippen LogP contribution in [0.5, 0.6) is 0 Å². The predicted octanol–water partition coefficient (Wildman–Crippen LogP) is 4.62. The molecule has 0 aromatic carbocycles. The predicted molar refractivity (Wildman–Crippen MR) is 66.4 cm³/mol. The third-order valence-corrected chi connectivity index (χ3v) is 2.35. The zero-order chi connectivity index (χ0) is 11.9. The van der Waals surface area contributed by atoms with Crippen LogP contribution in [-0.4, -0.2) is 0 Å². The third-order valence-electron chi connectivity index (χ3n) is 2.35. The highest BCUT2D eigenvalue weighted by atomic mass is 14.3. The number of nitriles is 1. The van der Waals surface area contributed by atoms with Crippen LogP contribution >= 0.6 is 0 Å². The highest BCUT2D eigenvalue weighted by Gasteiger charge is 2.13. The lowest BCUT2D eigenvalue weighted by Gasteiger charge is -2.12. The fourth-order valence-corrected chi connectivity index (χ4v) is 1.17. The first-order chi connectivity index (χ1) is 6.87. The van der Waals surface area contributed by atoms with Crippen molar-refractivity contribution in [1.82, 2.24) is 0 Å². The Bertz CT molecular complexity index is 283. The minimum absolute atomic E-state index is 0.224. The topological polar surface area (TPSA) is 23.8 Å². The van der Waals surface area contributed by atoms with E-state index in [4.69, 9.17) is 5.26 Å². The normalized spacial score (nSPS) is 12.1. The van der Waals surface area contributed by atoms with Crippen molar-refractivity contribution in [2.45, 2.75) is 53.9 Å². The first-order valence-electron chi connectivity index (χ1n) is 5.57. The highest BCUT2D eigenvalue weighted by molar-refractivity contribution is 5.06. The van der Waals surface area contributed by atoms with Gasteiger partial charge in [-0.2, -0.15) is 5.26 Å². The Labute approximate surface area is 94.5 Å². The van der Waals surface area contributed by atoms with Crippen molar-refractivity contribution in [3.8, 4) is 6.07 Å². The molecule has 0 aromatic rings. The quantitative estimate of drug-likeness (QED) is 0.601. The molecule has 0 amide bonds. The molecule has 0 bridgehead atoms. The van der Waals surface area contributed by atoms with Crippen molar-refractivity contribution in [3.05, 3.63) is 23.3 Å². The SMILES string of the molecule is CC(C)=CCC/C(C)=C/CC(C)(C)C#N. The third kappa shape index (κ3) is 8.00. The van der Waals surface area contributed by atoms with Crippen LogP contribution in [0.15, 0.2) is 23.3 Å². The van der Waals surface area contributed by atoms with Crippen LogP contribution in [0.4, 0.5) is 0 Å². The molecule has 0 saturated carbocycles. The summed E-state index contributed by atoms with van der Waals surface area (Å²) in [4.78, 5) is 0. The molecular formula is C14H23N. The Morgan fingerprint density at radius 2 is 1.80 bits per heavy atom. The summed E-state index contributed by atoms with van der Waals surface area (Å²) in [5, 5.41) is 8.87. The summed E-state index contributed by atoms with van der Waals surface area (Å²) < 4.78 is 0. The van der Waals surface area contributed by atoms with E-state index in [-0.39, 0.29) is 5.41 Å². The van der Waals surface area contributed by atoms with Gasteiger partial charge in [0.2, 0.25) is 0 Å². The zero-order valence-electron chi connectivity index (χ0n) is 10.7. The second-order valence-electron chi connectivity index (χ2n) is 5.07. The van der Waals surface area contributed by atoms with Gasteiger partial charge in [0.05, 0.1) is 11.5 Å². The smallest absolute Gasteiger partial charge is 0.0687 e. The maximum atomic E-state index is 8.87. The molecule has 0 heterocycles. The van der Waals surface area contributed by atoms with E-state index in [0.29, 0.717) is 0 Å². The second kappa shape index (κ2) is 6.45. The zero-order valence-corrected chi connectivity index (χ0v) is 10.7. The van der Waals surface area contributed by atoms with Crippen molar-refractivity contribution in [2.75, 3.05) is 0 Å². The molecule has 0 radical (unpaired) electrons. The summed E-state index contributed by atoms with van der Waals surface area (Å²) in [5.74, 6) is 0. The van der Waals surface area contributed by atoms with Crippen LogP contribution in [0.3, 0.4) is 0 Å². The van der Waals surface area contributed by atoms with Crippen LogP contribution in [0.2, 0.25) is 0 Å². The Hall–Kier alpha value is -1.03. The van der Waals surface area contributed by atoms with E-state index in [1.54, 1.807) is 0 Å². The fraction of sp³-hybridized carbons (Fsp3) is 0.643. The molecular weight excluding hydrogens is 182 g/mol. The van der Waals surface area contributed by atoms with E-state index < -0.39 is 0 Å². The van der Waals surface area contributed by atoms with Gasteiger partial charge in [-0.05, 0) is 53.9 Å². The van der Waals surface area contributed by atoms with Gasteiger partial charge in [-0.25, -0.2) is 0 Å². The molecule has 0 aliphatic heterocycles. The van der Waals surface area contributed by atoms with E-state index >= 15 is 0 Å². The highest BCUT2D eigenvalue weighted by Crippen LogP contribution is 2.21. The number of nitrogens with zero attached hydrogens (tertiary/aromatic N) is 1. The average molecular weight is 205 g/mol. The maximum Gasteiger partial charge on any atom is 0.0687 e. The number of rotatable bonds is 5. The van der Waals surface area contributed by atoms with Gasteiger partial charge in [0.15, 0.2) is 0 Å². The van der Waals surface area contributed by atoms with E-state index in [9.17, 15) is 0 Å². The summed E-state index contributed by atoms with van der Waals surface area (Å²) in [5.41, 5.74) is 2.54. The first kappa shape index (κ1) is 14.0. The van der Waals surface area contributed by atoms with Crippen molar-refractivity contribution in [1.29, 1.82) is 5.26 Å². The van der Waals surface area contributed by atoms with Gasteiger partial charge in [-0.3, -0.25) is 0 Å². The molecule has 0 aromatic heterocycles. The lowest BCUT2D eigenvalue weighted by atomic mass is 9.90. The Balaban J connectivity index is 4.02. The van der Waals surface area contributed by atoms with Crippen molar-refractivity contribution >= 4 is 0 Å². The summed E-state index contributed by atoms with van der Waals surface area (Å²) in [6.45, 7) is 10.3. The molecule has 0 saturated heterocycles. The lowest BCUT2D eigenvalue weighted by Crippen LogP contribution is -2.05. The lowest BCUT2D eigenvalue weighted by molar-refractivity contribution is 0.503. The molecule has 0 rings (SSSR count). The molecule has 0 atom stereocenters. The Kier molecular flexibility index (Phi) is 6.01. The number of hydrogen-bond acceptors (Lipinski definition) is 1. The fourth-order valence-electron chi connectivity index (χ4n) is 1.17. The summed E-state index contributed by atoms with van der Waals surface area (Å²) in [6.07, 6.45) is 7.52. The Morgan fingerprint density at radius 1 is 1.20 bits per heavy atom. The minimum atomic E-state index is -0.224. The molecule has 1 nitrogen and oxygen atoms in total. The minimum Gasteiger partial charge on any atom is -0.198 e. The van der Waals surface area contributed by atoms with Gasteiger partial charge < -0.3 is 0 Å². The molecule has 15 heavy (non-hydrogen) atoms. The Morgan fingerprint density at radius 3 is 2.27 bits per heavy atom. The second-order valence-corrected chi connectivity index (χ2v) is 5.07. The van der Waals surface area contributed by atoms with E-state index in [0.717, 1.165) is 19.3 Å². The molecule has 0 N–H and O–H groups in total. The van der Waals surface area contributed by atoms with Gasteiger partial charge in [0.1, 0.15) is 0 Å². The standard InChI is InChI=1S/C14H23N/c1-12(2)7-6-8-13(3)9-10-14(4,5)11-15/h7,9H,6,8,10H2,1-5H3/b13-9+. The van der Waals surface area contributed by atoms with E-state index in [1.807, 2.05) is 13.8 Å². The monoisotopic (exact) mass is 205 g/mol. The average Bonchev–Trinajstić information content (AvgIpc) is 2.14. The van der Waals surface area contributed by atoms with Crippen molar-refractivity contribution < 1.29 is 0 Å². The molecule has 0 aliphatic rings. The maximum absolute atomic E-state index is 8.87. The van der Waals surface area contributed by atoms with Gasteiger partial charge in [-0.1, -0.05) is 23.3 Å². The molecule has 1 heteroatoms. The number of allylic oxidation sites excluding steroid dienone is 4. The van der Waals surface area contributed by atoms with Crippen LogP contribution in [0.1, 0.15) is 53.9 Å². The molecule has 0 fully saturated rings. The van der Waals surface area contributed by atoms with Crippen molar-refractivity contribution in [3.63, 3.8) is 0 Å². The molecule has 0 spiro atoms. The molecule has 0 aliphatic carbocycles. The largest absolute Gasteiger partial charge is 0.198 e. The molecule has 0 unspecified atom stereocenters. The molecule has 84 valence electrons. The van der Waals surface area contributed by atoms with E-state index in [1.165, 1.54) is 11.1 Å². The van der Waals surface area contributed by atoms with Crippen LogP contribution in [0, 0.1) is 16.7 Å². The van der Waals surface area contributed by atoms with Crippen LogP contribution in [-0.2, 0) is 0 Å².